The summed E-state index contributed by atoms with van der Waals surface area (Å²) in [7, 11) is 0. The van der Waals surface area contributed by atoms with Gasteiger partial charge >= 0.3 is 0 Å². The van der Waals surface area contributed by atoms with E-state index in [1.54, 1.807) is 12.1 Å². The van der Waals surface area contributed by atoms with Crippen molar-refractivity contribution in [1.82, 2.24) is 14.6 Å². The normalized spacial score (nSPS) is 15.3. The summed E-state index contributed by atoms with van der Waals surface area (Å²) in [6, 6.07) is 9.08. The molecule has 2 aromatic heterocycles. The van der Waals surface area contributed by atoms with Gasteiger partial charge < -0.3 is 5.32 Å². The van der Waals surface area contributed by atoms with Crippen LogP contribution in [0.3, 0.4) is 0 Å². The number of anilines is 1. The van der Waals surface area contributed by atoms with Crippen molar-refractivity contribution < 1.29 is 4.39 Å². The summed E-state index contributed by atoms with van der Waals surface area (Å²) in [4.78, 5) is 4.70. The third kappa shape index (κ3) is 2.64. The molecular weight excluding hydrogens is 303 g/mol. The molecule has 0 spiro atoms. The van der Waals surface area contributed by atoms with E-state index in [1.165, 1.54) is 37.8 Å². The molecule has 1 saturated carbocycles. The van der Waals surface area contributed by atoms with Crippen LogP contribution in [0.1, 0.15) is 37.1 Å². The van der Waals surface area contributed by atoms with Crippen molar-refractivity contribution in [2.24, 2.45) is 0 Å². The van der Waals surface area contributed by atoms with Crippen LogP contribution in [0.4, 0.5) is 10.2 Å². The Hall–Kier alpha value is -2.43. The molecule has 0 atom stereocenters. The predicted molar refractivity (Wildman–Crippen MR) is 93.7 cm³/mol. The van der Waals surface area contributed by atoms with E-state index in [2.05, 4.69) is 5.32 Å². The first-order valence-electron chi connectivity index (χ1n) is 8.51. The van der Waals surface area contributed by atoms with Gasteiger partial charge in [0.05, 0.1) is 5.69 Å². The Kier molecular flexibility index (Phi) is 3.71. The molecule has 1 aromatic carbocycles. The summed E-state index contributed by atoms with van der Waals surface area (Å²) in [5.74, 6) is 0.751. The van der Waals surface area contributed by atoms with Crippen LogP contribution in [0.25, 0.3) is 16.8 Å². The van der Waals surface area contributed by atoms with Crippen molar-refractivity contribution in [1.29, 1.82) is 0 Å². The fourth-order valence-corrected chi connectivity index (χ4v) is 3.58. The monoisotopic (exact) mass is 324 g/mol. The summed E-state index contributed by atoms with van der Waals surface area (Å²) in [5, 5.41) is 8.32. The van der Waals surface area contributed by atoms with Crippen molar-refractivity contribution >= 4 is 11.5 Å². The molecule has 1 fully saturated rings. The van der Waals surface area contributed by atoms with Gasteiger partial charge in [0.15, 0.2) is 5.65 Å². The zero-order chi connectivity index (χ0) is 16.7. The van der Waals surface area contributed by atoms with E-state index in [0.29, 0.717) is 6.04 Å². The van der Waals surface area contributed by atoms with Crippen LogP contribution in [0.15, 0.2) is 30.3 Å². The Morgan fingerprint density at radius 2 is 1.83 bits per heavy atom. The minimum Gasteiger partial charge on any atom is -0.367 e. The van der Waals surface area contributed by atoms with Crippen molar-refractivity contribution in [3.8, 4) is 11.1 Å². The minimum absolute atomic E-state index is 0.236. The first kappa shape index (κ1) is 15.1. The molecule has 24 heavy (non-hydrogen) atoms. The molecule has 4 rings (SSSR count). The van der Waals surface area contributed by atoms with Gasteiger partial charge in [-0.2, -0.15) is 9.61 Å². The summed E-state index contributed by atoms with van der Waals surface area (Å²) < 4.78 is 15.1. The van der Waals surface area contributed by atoms with Crippen LogP contribution in [-0.4, -0.2) is 20.6 Å². The zero-order valence-electron chi connectivity index (χ0n) is 14.0. The molecule has 0 radical (unpaired) electrons. The SMILES string of the molecule is Cc1cc(NC2CCCC2)n2nc(C)c(-c3ccc(F)cc3)c2n1. The summed E-state index contributed by atoms with van der Waals surface area (Å²) >= 11 is 0. The number of aromatic nitrogens is 3. The standard InChI is InChI=1S/C19H21FN4/c1-12-11-17(22-16-5-3-4-6-16)24-19(21-12)18(13(2)23-24)14-7-9-15(20)10-8-14/h7-11,16,22H,3-6H2,1-2H3. The molecule has 4 nitrogen and oxygen atoms in total. The lowest BCUT2D eigenvalue weighted by atomic mass is 10.1. The minimum atomic E-state index is -0.236. The van der Waals surface area contributed by atoms with Crippen molar-refractivity contribution in [3.63, 3.8) is 0 Å². The molecule has 5 heteroatoms. The van der Waals surface area contributed by atoms with Gasteiger partial charge in [-0.15, -0.1) is 0 Å². The van der Waals surface area contributed by atoms with Crippen LogP contribution < -0.4 is 5.32 Å². The molecule has 2 heterocycles. The Balaban J connectivity index is 1.85. The molecule has 0 bridgehead atoms. The second-order valence-corrected chi connectivity index (χ2v) is 6.61. The second-order valence-electron chi connectivity index (χ2n) is 6.61. The Labute approximate surface area is 140 Å². The Morgan fingerprint density at radius 3 is 2.54 bits per heavy atom. The van der Waals surface area contributed by atoms with Crippen LogP contribution >= 0.6 is 0 Å². The van der Waals surface area contributed by atoms with Gasteiger partial charge in [0.1, 0.15) is 11.6 Å². The second kappa shape index (κ2) is 5.89. The highest BCUT2D eigenvalue weighted by Crippen LogP contribution is 2.30. The quantitative estimate of drug-likeness (QED) is 0.771. The number of hydrogen-bond acceptors (Lipinski definition) is 3. The summed E-state index contributed by atoms with van der Waals surface area (Å²) in [5.41, 5.74) is 4.57. The summed E-state index contributed by atoms with van der Waals surface area (Å²) in [6.45, 7) is 3.97. The van der Waals surface area contributed by atoms with E-state index < -0.39 is 0 Å². The van der Waals surface area contributed by atoms with Crippen molar-refractivity contribution in [3.05, 3.63) is 47.5 Å². The maximum Gasteiger partial charge on any atom is 0.165 e. The number of halogens is 1. The molecule has 1 aliphatic rings. The van der Waals surface area contributed by atoms with Crippen molar-refractivity contribution in [2.45, 2.75) is 45.6 Å². The van der Waals surface area contributed by atoms with Crippen LogP contribution in [-0.2, 0) is 0 Å². The van der Waals surface area contributed by atoms with Gasteiger partial charge in [-0.25, -0.2) is 9.37 Å². The highest BCUT2D eigenvalue weighted by atomic mass is 19.1. The third-order valence-corrected chi connectivity index (χ3v) is 4.73. The molecular formula is C19H21FN4. The Morgan fingerprint density at radius 1 is 1.12 bits per heavy atom. The number of benzene rings is 1. The van der Waals surface area contributed by atoms with E-state index in [4.69, 9.17) is 10.1 Å². The lowest BCUT2D eigenvalue weighted by molar-refractivity contribution is 0.628. The predicted octanol–water partition coefficient (Wildman–Crippen LogP) is 4.51. The largest absolute Gasteiger partial charge is 0.367 e. The number of rotatable bonds is 3. The lowest BCUT2D eigenvalue weighted by Gasteiger charge is -2.15. The van der Waals surface area contributed by atoms with E-state index in [0.717, 1.165) is 34.0 Å². The van der Waals surface area contributed by atoms with Crippen LogP contribution in [0.2, 0.25) is 0 Å². The fourth-order valence-electron chi connectivity index (χ4n) is 3.58. The highest BCUT2D eigenvalue weighted by Gasteiger charge is 2.19. The average molecular weight is 324 g/mol. The molecule has 1 aliphatic carbocycles. The van der Waals surface area contributed by atoms with Gasteiger partial charge in [0.25, 0.3) is 0 Å². The topological polar surface area (TPSA) is 42.2 Å². The fraction of sp³-hybridized carbons (Fsp3) is 0.368. The third-order valence-electron chi connectivity index (χ3n) is 4.73. The maximum absolute atomic E-state index is 13.3. The first-order valence-corrected chi connectivity index (χ1v) is 8.51. The number of fused-ring (bicyclic) bond motifs is 1. The van der Waals surface area contributed by atoms with Crippen LogP contribution in [0, 0.1) is 19.7 Å². The number of aryl methyl sites for hydroxylation is 2. The zero-order valence-corrected chi connectivity index (χ0v) is 14.0. The van der Waals surface area contributed by atoms with Gasteiger partial charge in [-0.05, 0) is 44.4 Å². The molecule has 0 aliphatic heterocycles. The van der Waals surface area contributed by atoms with E-state index in [1.807, 2.05) is 24.4 Å². The van der Waals surface area contributed by atoms with E-state index >= 15 is 0 Å². The summed E-state index contributed by atoms with van der Waals surface area (Å²) in [6.07, 6.45) is 4.97. The number of nitrogens with one attached hydrogen (secondary N) is 1. The maximum atomic E-state index is 13.3. The lowest BCUT2D eigenvalue weighted by Crippen LogP contribution is -2.17. The van der Waals surface area contributed by atoms with E-state index in [-0.39, 0.29) is 5.82 Å². The molecule has 0 saturated heterocycles. The average Bonchev–Trinajstić information content (AvgIpc) is 3.16. The van der Waals surface area contributed by atoms with Gasteiger partial charge in [0, 0.05) is 23.4 Å². The molecule has 1 N–H and O–H groups in total. The highest BCUT2D eigenvalue weighted by molar-refractivity contribution is 5.80. The first-order chi connectivity index (χ1) is 11.6. The molecule has 124 valence electrons. The Bertz CT molecular complexity index is 877. The molecule has 0 unspecified atom stereocenters. The van der Waals surface area contributed by atoms with Crippen LogP contribution in [0.5, 0.6) is 0 Å². The van der Waals surface area contributed by atoms with Crippen molar-refractivity contribution in [2.75, 3.05) is 5.32 Å². The van der Waals surface area contributed by atoms with Gasteiger partial charge in [-0.3, -0.25) is 0 Å². The molecule has 0 amide bonds. The number of nitrogens with zero attached hydrogens (tertiary/aromatic N) is 3. The van der Waals surface area contributed by atoms with E-state index in [9.17, 15) is 4.39 Å². The van der Waals surface area contributed by atoms with Gasteiger partial charge in [-0.1, -0.05) is 25.0 Å². The smallest absolute Gasteiger partial charge is 0.165 e. The van der Waals surface area contributed by atoms with Gasteiger partial charge in [0.2, 0.25) is 0 Å². The molecule has 3 aromatic rings. The number of hydrogen-bond donors (Lipinski definition) is 1.